The third-order valence-corrected chi connectivity index (χ3v) is 2.14. The average Bonchev–Trinajstić information content (AvgIpc) is 2.34. The van der Waals surface area contributed by atoms with E-state index in [4.69, 9.17) is 4.74 Å². The van der Waals surface area contributed by atoms with E-state index in [0.717, 1.165) is 11.1 Å². The van der Waals surface area contributed by atoms with Gasteiger partial charge in [-0.1, -0.05) is 42.0 Å². The molecule has 90 valence electrons. The number of hydrogen-bond donors (Lipinski definition) is 0. The van der Waals surface area contributed by atoms with Gasteiger partial charge < -0.3 is 4.74 Å². The van der Waals surface area contributed by atoms with Crippen molar-refractivity contribution in [3.05, 3.63) is 47.5 Å². The molecule has 0 amide bonds. The Morgan fingerprint density at radius 3 is 2.41 bits per heavy atom. The molecule has 3 heteroatoms. The van der Waals surface area contributed by atoms with E-state index in [1.807, 2.05) is 44.2 Å². The van der Waals surface area contributed by atoms with Gasteiger partial charge in [-0.25, -0.2) is 4.79 Å². The van der Waals surface area contributed by atoms with Crippen LogP contribution in [0.25, 0.3) is 0 Å². The molecular formula is C14H16O3. The summed E-state index contributed by atoms with van der Waals surface area (Å²) in [6.07, 6.45) is 1.82. The van der Waals surface area contributed by atoms with Crippen LogP contribution in [0.15, 0.2) is 42.0 Å². The Morgan fingerprint density at radius 2 is 1.82 bits per heavy atom. The van der Waals surface area contributed by atoms with Crippen LogP contribution in [0.2, 0.25) is 0 Å². The van der Waals surface area contributed by atoms with Crippen LogP contribution in [0.5, 0.6) is 0 Å². The average molecular weight is 232 g/mol. The second-order valence-electron chi connectivity index (χ2n) is 3.97. The fraction of sp³-hybridized carbons (Fsp3) is 0.286. The van der Waals surface area contributed by atoms with Crippen molar-refractivity contribution in [2.75, 3.05) is 0 Å². The van der Waals surface area contributed by atoms with Gasteiger partial charge in [-0.05, 0) is 19.4 Å². The Kier molecular flexibility index (Phi) is 5.14. The Bertz CT molecular complexity index is 414. The summed E-state index contributed by atoms with van der Waals surface area (Å²) >= 11 is 0. The maximum atomic E-state index is 11.3. The van der Waals surface area contributed by atoms with Crippen LogP contribution in [0.1, 0.15) is 25.8 Å². The molecule has 0 fully saturated rings. The molecular weight excluding hydrogens is 216 g/mol. The number of Topliss-reactive ketones (excluding diaryl/α,β-unsaturated/α-hetero) is 1. The lowest BCUT2D eigenvalue weighted by atomic mass is 10.2. The summed E-state index contributed by atoms with van der Waals surface area (Å²) in [4.78, 5) is 22.7. The molecule has 3 nitrogen and oxygen atoms in total. The third kappa shape index (κ3) is 5.11. The number of carbonyl (C=O) groups is 2. The lowest BCUT2D eigenvalue weighted by Gasteiger charge is -2.03. The van der Waals surface area contributed by atoms with Gasteiger partial charge in [0.05, 0.1) is 0 Å². The van der Waals surface area contributed by atoms with E-state index in [1.165, 1.54) is 0 Å². The van der Waals surface area contributed by atoms with Gasteiger partial charge in [0.25, 0.3) is 0 Å². The molecule has 0 aromatic heterocycles. The molecule has 0 bridgehead atoms. The van der Waals surface area contributed by atoms with Gasteiger partial charge in [0.2, 0.25) is 5.78 Å². The first-order valence-corrected chi connectivity index (χ1v) is 5.47. The molecule has 1 aromatic rings. The van der Waals surface area contributed by atoms with Gasteiger partial charge in [-0.15, -0.1) is 0 Å². The number of carbonyl (C=O) groups excluding carboxylic acids is 2. The molecule has 0 N–H and O–H groups in total. The third-order valence-electron chi connectivity index (χ3n) is 2.14. The maximum absolute atomic E-state index is 11.3. The van der Waals surface area contributed by atoms with Crippen molar-refractivity contribution in [2.24, 2.45) is 0 Å². The number of esters is 1. The minimum absolute atomic E-state index is 0.107. The smallest absolute Gasteiger partial charge is 0.375 e. The summed E-state index contributed by atoms with van der Waals surface area (Å²) in [5.74, 6) is -1.28. The zero-order valence-corrected chi connectivity index (χ0v) is 10.1. The number of benzene rings is 1. The summed E-state index contributed by atoms with van der Waals surface area (Å²) in [7, 11) is 0. The number of ketones is 1. The van der Waals surface area contributed by atoms with Crippen LogP contribution in [-0.2, 0) is 20.9 Å². The van der Waals surface area contributed by atoms with Gasteiger partial charge >= 0.3 is 5.97 Å². The fourth-order valence-corrected chi connectivity index (χ4v) is 1.18. The topological polar surface area (TPSA) is 43.4 Å². The van der Waals surface area contributed by atoms with E-state index < -0.39 is 11.8 Å². The van der Waals surface area contributed by atoms with E-state index in [-0.39, 0.29) is 13.0 Å². The zero-order chi connectivity index (χ0) is 12.7. The zero-order valence-electron chi connectivity index (χ0n) is 10.1. The van der Waals surface area contributed by atoms with Crippen LogP contribution < -0.4 is 0 Å². The van der Waals surface area contributed by atoms with Crippen LogP contribution in [-0.4, -0.2) is 11.8 Å². The second-order valence-corrected chi connectivity index (χ2v) is 3.97. The SMILES string of the molecule is CC(C)=CCC(=O)C(=O)OCc1ccccc1. The first-order valence-electron chi connectivity index (χ1n) is 5.47. The lowest BCUT2D eigenvalue weighted by molar-refractivity contribution is -0.154. The monoisotopic (exact) mass is 232 g/mol. The summed E-state index contributed by atoms with van der Waals surface area (Å²) < 4.78 is 4.90. The standard InChI is InChI=1S/C14H16O3/c1-11(2)8-9-13(15)14(16)17-10-12-6-4-3-5-7-12/h3-8H,9-10H2,1-2H3. The van der Waals surface area contributed by atoms with Gasteiger partial charge in [-0.2, -0.15) is 0 Å². The Morgan fingerprint density at radius 1 is 1.18 bits per heavy atom. The van der Waals surface area contributed by atoms with Crippen molar-refractivity contribution in [2.45, 2.75) is 26.9 Å². The number of rotatable bonds is 5. The molecule has 0 aliphatic rings. The molecule has 0 unspecified atom stereocenters. The van der Waals surface area contributed by atoms with Gasteiger partial charge in [0.15, 0.2) is 0 Å². The van der Waals surface area contributed by atoms with Crippen molar-refractivity contribution in [3.8, 4) is 0 Å². The first kappa shape index (κ1) is 13.2. The summed E-state index contributed by atoms with van der Waals surface area (Å²) in [5, 5.41) is 0. The van der Waals surface area contributed by atoms with E-state index in [9.17, 15) is 9.59 Å². The predicted octanol–water partition coefficient (Wildman–Crippen LogP) is 2.66. The molecule has 1 aromatic carbocycles. The number of hydrogen-bond acceptors (Lipinski definition) is 3. The fourth-order valence-electron chi connectivity index (χ4n) is 1.18. The molecule has 17 heavy (non-hydrogen) atoms. The normalized spacial score (nSPS) is 9.53. The highest BCUT2D eigenvalue weighted by atomic mass is 16.5. The molecule has 0 atom stereocenters. The number of allylic oxidation sites excluding steroid dienone is 2. The lowest BCUT2D eigenvalue weighted by Crippen LogP contribution is -2.16. The maximum Gasteiger partial charge on any atom is 0.375 e. The first-order chi connectivity index (χ1) is 8.09. The summed E-state index contributed by atoms with van der Waals surface area (Å²) in [6.45, 7) is 3.89. The molecule has 0 aliphatic carbocycles. The van der Waals surface area contributed by atoms with Crippen molar-refractivity contribution in [1.82, 2.24) is 0 Å². The molecule has 0 saturated heterocycles. The Hall–Kier alpha value is -1.90. The highest BCUT2D eigenvalue weighted by Gasteiger charge is 2.13. The van der Waals surface area contributed by atoms with Crippen LogP contribution in [0.4, 0.5) is 0 Å². The van der Waals surface area contributed by atoms with Crippen molar-refractivity contribution in [3.63, 3.8) is 0 Å². The summed E-state index contributed by atoms with van der Waals surface area (Å²) in [5.41, 5.74) is 1.88. The quantitative estimate of drug-likeness (QED) is 0.445. The molecule has 0 aliphatic heterocycles. The molecule has 0 saturated carbocycles. The van der Waals surface area contributed by atoms with Gasteiger partial charge in [-0.3, -0.25) is 4.79 Å². The van der Waals surface area contributed by atoms with Crippen molar-refractivity contribution in [1.29, 1.82) is 0 Å². The van der Waals surface area contributed by atoms with E-state index in [1.54, 1.807) is 6.08 Å². The highest BCUT2D eigenvalue weighted by Crippen LogP contribution is 2.02. The van der Waals surface area contributed by atoms with Crippen molar-refractivity contribution >= 4 is 11.8 Å². The van der Waals surface area contributed by atoms with Crippen LogP contribution in [0.3, 0.4) is 0 Å². The minimum atomic E-state index is -0.772. The van der Waals surface area contributed by atoms with Crippen LogP contribution in [0, 0.1) is 0 Å². The minimum Gasteiger partial charge on any atom is -0.455 e. The van der Waals surface area contributed by atoms with Gasteiger partial charge in [0.1, 0.15) is 6.61 Å². The van der Waals surface area contributed by atoms with Crippen LogP contribution >= 0.6 is 0 Å². The largest absolute Gasteiger partial charge is 0.455 e. The van der Waals surface area contributed by atoms with E-state index >= 15 is 0 Å². The summed E-state index contributed by atoms with van der Waals surface area (Å²) in [6, 6.07) is 9.27. The Balaban J connectivity index is 2.40. The number of ether oxygens (including phenoxy) is 1. The molecule has 0 spiro atoms. The Labute approximate surface area is 101 Å². The highest BCUT2D eigenvalue weighted by molar-refractivity contribution is 6.33. The van der Waals surface area contributed by atoms with Crippen molar-refractivity contribution < 1.29 is 14.3 Å². The van der Waals surface area contributed by atoms with E-state index in [0.29, 0.717) is 0 Å². The molecule has 0 radical (unpaired) electrons. The second kappa shape index (κ2) is 6.63. The predicted molar refractivity (Wildman–Crippen MR) is 65.3 cm³/mol. The molecule has 1 rings (SSSR count). The molecule has 0 heterocycles. The van der Waals surface area contributed by atoms with E-state index in [2.05, 4.69) is 0 Å². The van der Waals surface area contributed by atoms with Gasteiger partial charge in [0, 0.05) is 6.42 Å².